The Labute approximate surface area is 181 Å². The van der Waals surface area contributed by atoms with Crippen LogP contribution in [0.2, 0.25) is 0 Å². The summed E-state index contributed by atoms with van der Waals surface area (Å²) >= 11 is 0. The van der Waals surface area contributed by atoms with Gasteiger partial charge in [0, 0.05) is 0 Å². The van der Waals surface area contributed by atoms with Gasteiger partial charge in [-0.25, -0.2) is 4.79 Å². The normalized spacial score (nSPS) is 10.6. The van der Waals surface area contributed by atoms with Crippen LogP contribution in [-0.4, -0.2) is 26.3 Å². The van der Waals surface area contributed by atoms with E-state index < -0.39 is 0 Å². The molecule has 164 valence electrons. The molecule has 0 spiro atoms. The van der Waals surface area contributed by atoms with E-state index in [1.54, 1.807) is 12.1 Å². The number of hydrogen-bond acceptors (Lipinski definition) is 4. The smallest absolute Gasteiger partial charge is 0.337 e. The van der Waals surface area contributed by atoms with Crippen LogP contribution in [0.1, 0.15) is 72.9 Å². The van der Waals surface area contributed by atoms with Crippen LogP contribution in [0.5, 0.6) is 11.5 Å². The molecule has 0 aliphatic heterocycles. The highest BCUT2D eigenvalue weighted by Crippen LogP contribution is 2.19. The number of ether oxygens (including phenoxy) is 3. The van der Waals surface area contributed by atoms with E-state index in [0.717, 1.165) is 30.9 Å². The van der Waals surface area contributed by atoms with Crippen molar-refractivity contribution in [3.63, 3.8) is 0 Å². The molecule has 0 bridgehead atoms. The topological polar surface area (TPSA) is 44.8 Å². The lowest BCUT2D eigenvalue weighted by Gasteiger charge is -2.10. The second-order valence-corrected chi connectivity index (χ2v) is 7.81. The first-order valence-corrected chi connectivity index (χ1v) is 11.1. The molecule has 2 aromatic rings. The second kappa shape index (κ2) is 13.7. The number of unbranched alkanes of at least 4 members (excludes halogenated alkanes) is 7. The molecule has 0 amide bonds. The van der Waals surface area contributed by atoms with Gasteiger partial charge in [-0.1, -0.05) is 50.7 Å². The summed E-state index contributed by atoms with van der Waals surface area (Å²) in [6.45, 7) is 5.72. The van der Waals surface area contributed by atoms with Crippen LogP contribution in [0.25, 0.3) is 0 Å². The van der Waals surface area contributed by atoms with Crippen molar-refractivity contribution in [2.45, 2.75) is 65.2 Å². The standard InChI is InChI=1S/C26H36O4/c1-21-12-13-22(2)25(20-21)30-19-11-9-7-5-4-6-8-10-18-29-24-16-14-23(15-17-24)26(27)28-3/h12-17,20H,4-11,18-19H2,1-3H3. The Kier molecular flexibility index (Phi) is 10.8. The summed E-state index contributed by atoms with van der Waals surface area (Å²) in [6.07, 6.45) is 9.71. The molecule has 0 aromatic heterocycles. The SMILES string of the molecule is COC(=O)c1ccc(OCCCCCCCCCCOc2cc(C)ccc2C)cc1. The third kappa shape index (κ3) is 8.89. The highest BCUT2D eigenvalue weighted by atomic mass is 16.5. The van der Waals surface area contributed by atoms with Crippen molar-refractivity contribution in [2.75, 3.05) is 20.3 Å². The first kappa shape index (κ1) is 23.8. The molecule has 0 heterocycles. The molecule has 0 N–H and O–H groups in total. The summed E-state index contributed by atoms with van der Waals surface area (Å²) < 4.78 is 16.3. The largest absolute Gasteiger partial charge is 0.494 e. The number of aryl methyl sites for hydroxylation is 2. The number of carbonyl (C=O) groups excluding carboxylic acids is 1. The number of carbonyl (C=O) groups is 1. The highest BCUT2D eigenvalue weighted by molar-refractivity contribution is 5.89. The lowest BCUT2D eigenvalue weighted by atomic mass is 10.1. The van der Waals surface area contributed by atoms with Crippen molar-refractivity contribution in [1.29, 1.82) is 0 Å². The van der Waals surface area contributed by atoms with E-state index >= 15 is 0 Å². The van der Waals surface area contributed by atoms with Crippen molar-refractivity contribution in [3.8, 4) is 11.5 Å². The van der Waals surface area contributed by atoms with Gasteiger partial charge in [0.15, 0.2) is 0 Å². The van der Waals surface area contributed by atoms with Gasteiger partial charge in [0.05, 0.1) is 25.9 Å². The Hall–Kier alpha value is -2.49. The molecular weight excluding hydrogens is 376 g/mol. The quantitative estimate of drug-likeness (QED) is 0.257. The zero-order valence-electron chi connectivity index (χ0n) is 18.7. The molecule has 0 fully saturated rings. The molecule has 0 aliphatic carbocycles. The Morgan fingerprint density at radius 3 is 1.90 bits per heavy atom. The molecule has 0 saturated heterocycles. The van der Waals surface area contributed by atoms with Gasteiger partial charge in [0.25, 0.3) is 0 Å². The van der Waals surface area contributed by atoms with Gasteiger partial charge in [-0.2, -0.15) is 0 Å². The first-order valence-electron chi connectivity index (χ1n) is 11.1. The minimum absolute atomic E-state index is 0.324. The summed E-state index contributed by atoms with van der Waals surface area (Å²) in [5, 5.41) is 0. The van der Waals surface area contributed by atoms with E-state index in [2.05, 4.69) is 36.8 Å². The summed E-state index contributed by atoms with van der Waals surface area (Å²) in [6, 6.07) is 13.5. The van der Waals surface area contributed by atoms with Crippen LogP contribution in [0.4, 0.5) is 0 Å². The molecule has 4 nitrogen and oxygen atoms in total. The van der Waals surface area contributed by atoms with Gasteiger partial charge in [-0.05, 0) is 68.1 Å². The molecule has 30 heavy (non-hydrogen) atoms. The number of rotatable bonds is 14. The van der Waals surface area contributed by atoms with Gasteiger partial charge in [-0.15, -0.1) is 0 Å². The number of benzene rings is 2. The van der Waals surface area contributed by atoms with Crippen molar-refractivity contribution >= 4 is 5.97 Å². The molecule has 4 heteroatoms. The minimum atomic E-state index is -0.324. The Morgan fingerprint density at radius 2 is 1.30 bits per heavy atom. The van der Waals surface area contributed by atoms with E-state index in [9.17, 15) is 4.79 Å². The first-order chi connectivity index (χ1) is 14.6. The third-order valence-corrected chi connectivity index (χ3v) is 5.18. The van der Waals surface area contributed by atoms with Gasteiger partial charge in [0.1, 0.15) is 11.5 Å². The fourth-order valence-corrected chi connectivity index (χ4v) is 3.30. The predicted octanol–water partition coefficient (Wildman–Crippen LogP) is 6.67. The maximum Gasteiger partial charge on any atom is 0.337 e. The Balaban J connectivity index is 1.41. The summed E-state index contributed by atoms with van der Waals surface area (Å²) in [4.78, 5) is 11.4. The van der Waals surface area contributed by atoms with Crippen LogP contribution in [0.3, 0.4) is 0 Å². The van der Waals surface area contributed by atoms with Crippen molar-refractivity contribution < 1.29 is 19.0 Å². The maximum atomic E-state index is 11.4. The molecule has 0 unspecified atom stereocenters. The van der Waals surface area contributed by atoms with Crippen LogP contribution >= 0.6 is 0 Å². The Bertz CT molecular complexity index is 752. The highest BCUT2D eigenvalue weighted by Gasteiger charge is 2.04. The predicted molar refractivity (Wildman–Crippen MR) is 122 cm³/mol. The lowest BCUT2D eigenvalue weighted by Crippen LogP contribution is -2.01. The molecule has 0 atom stereocenters. The Morgan fingerprint density at radius 1 is 0.733 bits per heavy atom. The van der Waals surface area contributed by atoms with Crippen LogP contribution in [-0.2, 0) is 4.74 Å². The summed E-state index contributed by atoms with van der Waals surface area (Å²) in [7, 11) is 1.38. The minimum Gasteiger partial charge on any atom is -0.494 e. The van der Waals surface area contributed by atoms with Crippen molar-refractivity contribution in [3.05, 3.63) is 59.2 Å². The van der Waals surface area contributed by atoms with Crippen LogP contribution in [0.15, 0.2) is 42.5 Å². The molecule has 0 saturated carbocycles. The zero-order chi connectivity index (χ0) is 21.6. The van der Waals surface area contributed by atoms with Crippen molar-refractivity contribution in [2.24, 2.45) is 0 Å². The fourth-order valence-electron chi connectivity index (χ4n) is 3.30. The van der Waals surface area contributed by atoms with Gasteiger partial charge in [-0.3, -0.25) is 0 Å². The van der Waals surface area contributed by atoms with E-state index in [1.807, 2.05) is 12.1 Å². The third-order valence-electron chi connectivity index (χ3n) is 5.18. The molecule has 2 rings (SSSR count). The monoisotopic (exact) mass is 412 g/mol. The van der Waals surface area contributed by atoms with Crippen molar-refractivity contribution in [1.82, 2.24) is 0 Å². The average molecular weight is 413 g/mol. The average Bonchev–Trinajstić information content (AvgIpc) is 2.76. The van der Waals surface area contributed by atoms with E-state index in [4.69, 9.17) is 9.47 Å². The number of hydrogen-bond donors (Lipinski definition) is 0. The summed E-state index contributed by atoms with van der Waals surface area (Å²) in [5.41, 5.74) is 3.00. The lowest BCUT2D eigenvalue weighted by molar-refractivity contribution is 0.0600. The van der Waals surface area contributed by atoms with Gasteiger partial charge < -0.3 is 14.2 Å². The molecule has 0 radical (unpaired) electrons. The van der Waals surface area contributed by atoms with E-state index in [-0.39, 0.29) is 5.97 Å². The van der Waals surface area contributed by atoms with Crippen LogP contribution < -0.4 is 9.47 Å². The molecule has 2 aromatic carbocycles. The van der Waals surface area contributed by atoms with Gasteiger partial charge >= 0.3 is 5.97 Å². The zero-order valence-corrected chi connectivity index (χ0v) is 18.7. The molecule has 0 aliphatic rings. The van der Waals surface area contributed by atoms with Gasteiger partial charge in [0.2, 0.25) is 0 Å². The number of esters is 1. The summed E-state index contributed by atoms with van der Waals surface area (Å²) in [5.74, 6) is 1.50. The number of methoxy groups -OCH3 is 1. The molecular formula is C26H36O4. The fraction of sp³-hybridized carbons (Fsp3) is 0.500. The van der Waals surface area contributed by atoms with Crippen LogP contribution in [0, 0.1) is 13.8 Å². The second-order valence-electron chi connectivity index (χ2n) is 7.81. The maximum absolute atomic E-state index is 11.4. The van der Waals surface area contributed by atoms with E-state index in [1.165, 1.54) is 56.8 Å². The van der Waals surface area contributed by atoms with E-state index in [0.29, 0.717) is 12.2 Å².